The summed E-state index contributed by atoms with van der Waals surface area (Å²) in [5.74, 6) is -1.57. The van der Waals surface area contributed by atoms with E-state index < -0.39 is 12.1 Å². The summed E-state index contributed by atoms with van der Waals surface area (Å²) in [7, 11) is 5.43. The first-order chi connectivity index (χ1) is 11.9. The van der Waals surface area contributed by atoms with Gasteiger partial charge in [0.05, 0.1) is 27.7 Å². The van der Waals surface area contributed by atoms with E-state index in [1.807, 2.05) is 21.1 Å². The van der Waals surface area contributed by atoms with E-state index in [1.165, 1.54) is 0 Å². The van der Waals surface area contributed by atoms with E-state index in [0.717, 1.165) is 10.5 Å². The molecule has 0 fully saturated rings. The van der Waals surface area contributed by atoms with Gasteiger partial charge in [-0.25, -0.2) is 4.85 Å². The Kier molecular flexibility index (Phi) is 5.58. The minimum absolute atomic E-state index is 0.0398. The Morgan fingerprint density at radius 1 is 1.27 bits per heavy atom. The zero-order valence-corrected chi connectivity index (χ0v) is 15.5. The van der Waals surface area contributed by atoms with Crippen LogP contribution < -0.4 is 4.74 Å². The summed E-state index contributed by atoms with van der Waals surface area (Å²) < 4.78 is 44.2. The van der Waals surface area contributed by atoms with Crippen LogP contribution in [0, 0.1) is 6.57 Å². The lowest BCUT2D eigenvalue weighted by Crippen LogP contribution is -2.43. The number of hydrogen-bond donors (Lipinski definition) is 0. The Hall–Kier alpha value is -2.18. The number of hydrogen-bond acceptors (Lipinski definition) is 3. The van der Waals surface area contributed by atoms with Crippen molar-refractivity contribution in [1.82, 2.24) is 4.90 Å². The largest absolute Gasteiger partial charge is 0.471 e. The fourth-order valence-corrected chi connectivity index (χ4v) is 2.67. The van der Waals surface area contributed by atoms with E-state index in [9.17, 15) is 18.0 Å². The third-order valence-electron chi connectivity index (χ3n) is 4.01. The molecule has 140 valence electrons. The second-order valence-corrected chi connectivity index (χ2v) is 7.18. The van der Waals surface area contributed by atoms with E-state index in [1.54, 1.807) is 12.1 Å². The zero-order valence-electron chi connectivity index (χ0n) is 14.7. The minimum Gasteiger partial charge on any atom is -0.415 e. The van der Waals surface area contributed by atoms with Gasteiger partial charge in [-0.05, 0) is 24.0 Å². The van der Waals surface area contributed by atoms with Gasteiger partial charge >= 0.3 is 17.3 Å². The molecule has 0 bridgehead atoms. The Morgan fingerprint density at radius 2 is 1.88 bits per heavy atom. The Balaban J connectivity index is 2.37. The van der Waals surface area contributed by atoms with Crippen molar-refractivity contribution in [3.05, 3.63) is 34.7 Å². The highest BCUT2D eigenvalue weighted by molar-refractivity contribution is 7.79. The monoisotopic (exact) mass is 386 g/mol. The molecule has 1 aliphatic rings. The first-order valence-electron chi connectivity index (χ1n) is 7.87. The number of nitrogens with zero attached hydrogens (tertiary/aromatic N) is 3. The average Bonchev–Trinajstić information content (AvgIpc) is 2.75. The Morgan fingerprint density at radius 3 is 2.42 bits per heavy atom. The summed E-state index contributed by atoms with van der Waals surface area (Å²) in [6, 6.07) is 3.27. The van der Waals surface area contributed by atoms with E-state index in [2.05, 4.69) is 4.85 Å². The number of fused-ring (bicyclic) bond motifs is 1. The number of carbonyl (C=O) groups is 1. The van der Waals surface area contributed by atoms with Gasteiger partial charge in [-0.1, -0.05) is 12.1 Å². The molecule has 1 heterocycles. The van der Waals surface area contributed by atoms with Crippen molar-refractivity contribution >= 4 is 29.0 Å². The highest BCUT2D eigenvalue weighted by Crippen LogP contribution is 2.37. The lowest BCUT2D eigenvalue weighted by atomic mass is 10.0. The molecule has 0 spiro atoms. The summed E-state index contributed by atoms with van der Waals surface area (Å²) in [5, 5.41) is 0.232. The fraction of sp³-hybridized carbons (Fsp3) is 0.471. The van der Waals surface area contributed by atoms with Gasteiger partial charge in [-0.2, -0.15) is 13.2 Å². The average molecular weight is 386 g/mol. The standard InChI is InChI=1S/C17H19F3N3O2S/c1-21-13-6-5-11-7-9-22(15(24)17(18,19)20)10-8-12(11)14(13)25-16(26)23(2,3)4/h5-6H,7-10H2,2-4H3/q+1. The van der Waals surface area contributed by atoms with Crippen LogP contribution >= 0.6 is 12.2 Å². The SMILES string of the molecule is [C-]#[N+]c1ccc2c(c1OC(=S)[N+](C)(C)C)CCN(C(=O)C(F)(F)F)CC2. The quantitative estimate of drug-likeness (QED) is 0.423. The number of amides is 1. The molecular formula is C17H19F3N3O2S+. The molecule has 0 saturated heterocycles. The molecule has 0 saturated carbocycles. The molecule has 0 aliphatic carbocycles. The van der Waals surface area contributed by atoms with Gasteiger partial charge < -0.3 is 9.64 Å². The van der Waals surface area contributed by atoms with Gasteiger partial charge in [0.1, 0.15) is 5.75 Å². The van der Waals surface area contributed by atoms with Crippen LogP contribution in [0.25, 0.3) is 4.85 Å². The lowest BCUT2D eigenvalue weighted by molar-refractivity contribution is -0.782. The van der Waals surface area contributed by atoms with Gasteiger partial charge in [0, 0.05) is 25.3 Å². The number of quaternary nitrogens is 1. The first-order valence-corrected chi connectivity index (χ1v) is 8.28. The number of halogens is 3. The third kappa shape index (κ3) is 4.31. The molecule has 9 heteroatoms. The van der Waals surface area contributed by atoms with Crippen molar-refractivity contribution in [2.75, 3.05) is 34.2 Å². The highest BCUT2D eigenvalue weighted by atomic mass is 32.1. The number of carbonyl (C=O) groups excluding carboxylic acids is 1. The van der Waals surface area contributed by atoms with E-state index in [4.69, 9.17) is 23.5 Å². The van der Waals surface area contributed by atoms with Gasteiger partial charge in [-0.15, -0.1) is 0 Å². The Labute approximate surface area is 155 Å². The molecule has 26 heavy (non-hydrogen) atoms. The van der Waals surface area contributed by atoms with E-state index in [0.29, 0.717) is 5.56 Å². The molecule has 2 rings (SSSR count). The van der Waals surface area contributed by atoms with Gasteiger partial charge in [0.25, 0.3) is 0 Å². The molecule has 0 atom stereocenters. The minimum atomic E-state index is -4.90. The van der Waals surface area contributed by atoms with Crippen LogP contribution in [-0.4, -0.2) is 60.9 Å². The van der Waals surface area contributed by atoms with Gasteiger partial charge in [-0.3, -0.25) is 9.28 Å². The van der Waals surface area contributed by atoms with Crippen molar-refractivity contribution in [1.29, 1.82) is 0 Å². The van der Waals surface area contributed by atoms with Gasteiger partial charge in [0.2, 0.25) is 5.69 Å². The third-order valence-corrected chi connectivity index (χ3v) is 4.64. The van der Waals surface area contributed by atoms with Crippen molar-refractivity contribution in [2.24, 2.45) is 0 Å². The first kappa shape index (κ1) is 20.1. The fourth-order valence-electron chi connectivity index (χ4n) is 2.59. The lowest BCUT2D eigenvalue weighted by Gasteiger charge is -2.24. The number of rotatable bonds is 1. The van der Waals surface area contributed by atoms with Crippen LogP contribution in [0.2, 0.25) is 0 Å². The predicted octanol–water partition coefficient (Wildman–Crippen LogP) is 3.10. The zero-order chi connectivity index (χ0) is 19.7. The molecule has 0 radical (unpaired) electrons. The van der Waals surface area contributed by atoms with Crippen LogP contribution in [-0.2, 0) is 17.6 Å². The molecule has 1 amide bonds. The van der Waals surface area contributed by atoms with Crippen molar-refractivity contribution in [3.63, 3.8) is 0 Å². The van der Waals surface area contributed by atoms with Crippen LogP contribution in [0.3, 0.4) is 0 Å². The van der Waals surface area contributed by atoms with E-state index >= 15 is 0 Å². The summed E-state index contributed by atoms with van der Waals surface area (Å²) in [6.07, 6.45) is -4.48. The second-order valence-electron chi connectivity index (χ2n) is 6.83. The number of ether oxygens (including phenoxy) is 1. The number of alkyl halides is 3. The van der Waals surface area contributed by atoms with Crippen molar-refractivity contribution in [2.45, 2.75) is 19.0 Å². The summed E-state index contributed by atoms with van der Waals surface area (Å²) in [6.45, 7) is 7.19. The number of benzene rings is 1. The second kappa shape index (κ2) is 7.21. The van der Waals surface area contributed by atoms with Crippen molar-refractivity contribution < 1.29 is 27.2 Å². The molecule has 0 unspecified atom stereocenters. The molecule has 0 aromatic heterocycles. The van der Waals surface area contributed by atoms with Crippen LogP contribution in [0.4, 0.5) is 18.9 Å². The summed E-state index contributed by atoms with van der Waals surface area (Å²) >= 11 is 5.27. The molecular weight excluding hydrogens is 367 g/mol. The van der Waals surface area contributed by atoms with E-state index in [-0.39, 0.29) is 47.0 Å². The maximum Gasteiger partial charge on any atom is 0.471 e. The summed E-state index contributed by atoms with van der Waals surface area (Å²) in [5.41, 5.74) is 1.64. The maximum atomic E-state index is 12.7. The number of thiocarbonyl (C=S) groups is 1. The maximum absolute atomic E-state index is 12.7. The topological polar surface area (TPSA) is 33.9 Å². The smallest absolute Gasteiger partial charge is 0.415 e. The van der Waals surface area contributed by atoms with Crippen LogP contribution in [0.1, 0.15) is 11.1 Å². The molecule has 1 aromatic carbocycles. The van der Waals surface area contributed by atoms with Gasteiger partial charge in [0.15, 0.2) is 0 Å². The van der Waals surface area contributed by atoms with Crippen LogP contribution in [0.5, 0.6) is 5.75 Å². The predicted molar refractivity (Wildman–Crippen MR) is 94.0 cm³/mol. The molecule has 1 aliphatic heterocycles. The molecule has 5 nitrogen and oxygen atoms in total. The Bertz CT molecular complexity index is 779. The van der Waals surface area contributed by atoms with Crippen molar-refractivity contribution in [3.8, 4) is 5.75 Å². The summed E-state index contributed by atoms with van der Waals surface area (Å²) in [4.78, 5) is 15.8. The van der Waals surface area contributed by atoms with Crippen LogP contribution in [0.15, 0.2) is 12.1 Å². The normalized spacial score (nSPS) is 14.9. The highest BCUT2D eigenvalue weighted by Gasteiger charge is 2.42. The molecule has 0 N–H and O–H groups in total. The molecule has 1 aromatic rings.